The fraction of sp³-hybridized carbons (Fsp3) is 0.619. The first kappa shape index (κ1) is 26.3. The van der Waals surface area contributed by atoms with Crippen molar-refractivity contribution in [3.05, 3.63) is 23.8 Å². The lowest BCUT2D eigenvalue weighted by atomic mass is 9.97. The number of nitrogens with zero attached hydrogens (tertiary/aromatic N) is 2. The summed E-state index contributed by atoms with van der Waals surface area (Å²) >= 11 is 0. The Labute approximate surface area is 196 Å². The molecule has 0 aliphatic carbocycles. The van der Waals surface area contributed by atoms with Gasteiger partial charge in [-0.05, 0) is 44.4 Å². The Hall–Kier alpha value is -1.75. The number of piperidine rings is 1. The maximum atomic E-state index is 11.9. The second-order valence-corrected chi connectivity index (χ2v) is 6.87. The van der Waals surface area contributed by atoms with Crippen LogP contribution < -0.4 is 14.8 Å². The largest absolute Gasteiger partial charge is 0.497 e. The van der Waals surface area contributed by atoms with Gasteiger partial charge in [0.2, 0.25) is 0 Å². The van der Waals surface area contributed by atoms with Crippen LogP contribution in [-0.4, -0.2) is 68.9 Å². The van der Waals surface area contributed by atoms with Crippen molar-refractivity contribution in [3.8, 4) is 11.5 Å². The number of hydrogen-bond donors (Lipinski definition) is 2. The van der Waals surface area contributed by atoms with Crippen molar-refractivity contribution in [1.29, 1.82) is 0 Å². The number of methoxy groups -OCH3 is 2. The molecule has 0 spiro atoms. The molecule has 2 rings (SSSR count). The Morgan fingerprint density at radius 1 is 1.20 bits per heavy atom. The summed E-state index contributed by atoms with van der Waals surface area (Å²) < 4.78 is 15.7. The monoisotopic (exact) mass is 535 g/mol. The van der Waals surface area contributed by atoms with Crippen LogP contribution in [0.25, 0.3) is 0 Å². The van der Waals surface area contributed by atoms with Crippen molar-refractivity contribution in [1.82, 2.24) is 10.2 Å². The molecule has 8 nitrogen and oxygen atoms in total. The van der Waals surface area contributed by atoms with Crippen LogP contribution >= 0.6 is 24.0 Å². The van der Waals surface area contributed by atoms with E-state index >= 15 is 0 Å². The molecule has 1 heterocycles. The fourth-order valence-electron chi connectivity index (χ4n) is 3.31. The van der Waals surface area contributed by atoms with Crippen LogP contribution in [0.2, 0.25) is 0 Å². The van der Waals surface area contributed by atoms with Crippen LogP contribution in [-0.2, 0) is 9.53 Å². The molecule has 1 atom stereocenters. The van der Waals surface area contributed by atoms with E-state index in [4.69, 9.17) is 14.2 Å². The standard InChI is InChI=1S/C21H33N3O5.HI/c1-5-22-21(24-9-7-15(8-10-24)20(26)29-6-2)23-14-19(25)16-11-17(27-3)13-18(12-16)28-4;/h11-13,15,19,25H,5-10,14H2,1-4H3,(H,22,23);1H. The Morgan fingerprint density at radius 3 is 2.30 bits per heavy atom. The van der Waals surface area contributed by atoms with Gasteiger partial charge in [-0.25, -0.2) is 0 Å². The van der Waals surface area contributed by atoms with Gasteiger partial charge in [0.25, 0.3) is 0 Å². The molecular weight excluding hydrogens is 501 g/mol. The number of ether oxygens (including phenoxy) is 3. The van der Waals surface area contributed by atoms with E-state index in [1.807, 2.05) is 13.8 Å². The lowest BCUT2D eigenvalue weighted by Gasteiger charge is -2.33. The van der Waals surface area contributed by atoms with Crippen LogP contribution in [0.3, 0.4) is 0 Å². The Kier molecular flexibility index (Phi) is 11.9. The number of carbonyl (C=O) groups is 1. The van der Waals surface area contributed by atoms with Gasteiger partial charge in [-0.1, -0.05) is 0 Å². The molecule has 1 unspecified atom stereocenters. The Balaban J connectivity index is 0.00000450. The fourth-order valence-corrected chi connectivity index (χ4v) is 3.31. The van der Waals surface area contributed by atoms with Gasteiger partial charge in [-0.2, -0.15) is 0 Å². The van der Waals surface area contributed by atoms with E-state index in [1.54, 1.807) is 32.4 Å². The Bertz CT molecular complexity index is 671. The maximum absolute atomic E-state index is 11.9. The van der Waals surface area contributed by atoms with E-state index in [1.165, 1.54) is 0 Å². The zero-order chi connectivity index (χ0) is 21.2. The van der Waals surface area contributed by atoms with Gasteiger partial charge in [0.05, 0.1) is 39.4 Å². The van der Waals surface area contributed by atoms with Crippen molar-refractivity contribution in [3.63, 3.8) is 0 Å². The summed E-state index contributed by atoms with van der Waals surface area (Å²) in [5.74, 6) is 1.81. The van der Waals surface area contributed by atoms with Crippen molar-refractivity contribution in [2.45, 2.75) is 32.8 Å². The van der Waals surface area contributed by atoms with Crippen LogP contribution in [0.15, 0.2) is 23.2 Å². The van der Waals surface area contributed by atoms with Gasteiger partial charge in [0.1, 0.15) is 11.5 Å². The van der Waals surface area contributed by atoms with Crippen LogP contribution in [0.1, 0.15) is 38.4 Å². The quantitative estimate of drug-likeness (QED) is 0.229. The molecule has 170 valence electrons. The number of likely N-dealkylation sites (tertiary alicyclic amines) is 1. The molecule has 1 fully saturated rings. The third-order valence-corrected chi connectivity index (χ3v) is 4.92. The molecule has 2 N–H and O–H groups in total. The molecule has 1 saturated heterocycles. The van der Waals surface area contributed by atoms with E-state index in [-0.39, 0.29) is 42.4 Å². The minimum atomic E-state index is -0.787. The first-order valence-corrected chi connectivity index (χ1v) is 10.1. The lowest BCUT2D eigenvalue weighted by molar-refractivity contribution is -0.149. The van der Waals surface area contributed by atoms with E-state index in [0.29, 0.717) is 23.7 Å². The number of halogens is 1. The van der Waals surface area contributed by atoms with Crippen LogP contribution in [0, 0.1) is 5.92 Å². The second-order valence-electron chi connectivity index (χ2n) is 6.87. The number of aliphatic hydroxyl groups excluding tert-OH is 1. The molecule has 0 aromatic heterocycles. The summed E-state index contributed by atoms with van der Waals surface area (Å²) in [5, 5.41) is 13.9. The van der Waals surface area contributed by atoms with Gasteiger partial charge >= 0.3 is 5.97 Å². The lowest BCUT2D eigenvalue weighted by Crippen LogP contribution is -2.47. The number of esters is 1. The molecule has 1 aliphatic heterocycles. The summed E-state index contributed by atoms with van der Waals surface area (Å²) in [4.78, 5) is 18.7. The predicted octanol–water partition coefficient (Wildman–Crippen LogP) is 2.60. The average molecular weight is 535 g/mol. The zero-order valence-corrected chi connectivity index (χ0v) is 20.5. The van der Waals surface area contributed by atoms with Gasteiger partial charge in [0, 0.05) is 25.7 Å². The van der Waals surface area contributed by atoms with E-state index in [2.05, 4.69) is 15.2 Å². The molecule has 1 aromatic rings. The highest BCUT2D eigenvalue weighted by Gasteiger charge is 2.27. The third kappa shape index (κ3) is 7.50. The number of rotatable bonds is 8. The number of benzene rings is 1. The minimum absolute atomic E-state index is 0. The molecule has 1 aliphatic rings. The van der Waals surface area contributed by atoms with E-state index < -0.39 is 6.10 Å². The van der Waals surface area contributed by atoms with Gasteiger partial charge < -0.3 is 29.5 Å². The molecule has 0 amide bonds. The number of nitrogens with one attached hydrogen (secondary N) is 1. The molecule has 0 saturated carbocycles. The topological polar surface area (TPSA) is 92.6 Å². The van der Waals surface area contributed by atoms with Crippen molar-refractivity contribution >= 4 is 35.9 Å². The first-order valence-electron chi connectivity index (χ1n) is 10.1. The van der Waals surface area contributed by atoms with Gasteiger partial charge in [-0.3, -0.25) is 9.79 Å². The van der Waals surface area contributed by atoms with E-state index in [9.17, 15) is 9.90 Å². The normalized spacial score (nSPS) is 15.8. The third-order valence-electron chi connectivity index (χ3n) is 4.92. The smallest absolute Gasteiger partial charge is 0.309 e. The SMILES string of the molecule is CCNC(=NCC(O)c1cc(OC)cc(OC)c1)N1CCC(C(=O)OCC)CC1.I. The Morgan fingerprint density at radius 2 is 1.80 bits per heavy atom. The average Bonchev–Trinajstić information content (AvgIpc) is 2.76. The summed E-state index contributed by atoms with van der Waals surface area (Å²) in [6.45, 7) is 6.61. The number of aliphatic hydroxyl groups is 1. The van der Waals surface area contributed by atoms with Crippen molar-refractivity contribution < 1.29 is 24.1 Å². The summed E-state index contributed by atoms with van der Waals surface area (Å²) in [5.41, 5.74) is 0.682. The second kappa shape index (κ2) is 13.5. The van der Waals surface area contributed by atoms with Crippen molar-refractivity contribution in [2.75, 3.05) is 47.0 Å². The van der Waals surface area contributed by atoms with Gasteiger partial charge in [0.15, 0.2) is 5.96 Å². The number of guanidine groups is 1. The molecular formula is C21H34IN3O5. The first-order chi connectivity index (χ1) is 14.0. The molecule has 0 bridgehead atoms. The van der Waals surface area contributed by atoms with Gasteiger partial charge in [-0.15, -0.1) is 24.0 Å². The number of hydrogen-bond acceptors (Lipinski definition) is 6. The molecule has 9 heteroatoms. The van der Waals surface area contributed by atoms with Crippen molar-refractivity contribution in [2.24, 2.45) is 10.9 Å². The zero-order valence-electron chi connectivity index (χ0n) is 18.2. The summed E-state index contributed by atoms with van der Waals surface area (Å²) in [6.07, 6.45) is 0.683. The highest BCUT2D eigenvalue weighted by atomic mass is 127. The predicted molar refractivity (Wildman–Crippen MR) is 127 cm³/mol. The summed E-state index contributed by atoms with van der Waals surface area (Å²) in [6, 6.07) is 5.32. The maximum Gasteiger partial charge on any atom is 0.309 e. The highest BCUT2D eigenvalue weighted by molar-refractivity contribution is 14.0. The van der Waals surface area contributed by atoms with Crippen LogP contribution in [0.4, 0.5) is 0 Å². The molecule has 1 aromatic carbocycles. The molecule has 0 radical (unpaired) electrons. The highest BCUT2D eigenvalue weighted by Crippen LogP contribution is 2.27. The minimum Gasteiger partial charge on any atom is -0.497 e. The van der Waals surface area contributed by atoms with Crippen LogP contribution in [0.5, 0.6) is 11.5 Å². The summed E-state index contributed by atoms with van der Waals surface area (Å²) in [7, 11) is 3.15. The number of aliphatic imine (C=N–C) groups is 1. The number of carbonyl (C=O) groups excluding carboxylic acids is 1. The molecule has 30 heavy (non-hydrogen) atoms. The van der Waals surface area contributed by atoms with E-state index in [0.717, 1.165) is 38.4 Å².